The van der Waals surface area contributed by atoms with Gasteiger partial charge in [-0.15, -0.1) is 11.3 Å². The lowest BCUT2D eigenvalue weighted by molar-refractivity contribution is 0.598. The third kappa shape index (κ3) is 4.65. The van der Waals surface area contributed by atoms with Crippen LogP contribution >= 0.6 is 11.3 Å². The second kappa shape index (κ2) is 6.16. The molecule has 0 atom stereocenters. The van der Waals surface area contributed by atoms with E-state index >= 15 is 0 Å². The van der Waals surface area contributed by atoms with Crippen molar-refractivity contribution >= 4 is 26.5 Å². The fourth-order valence-electron chi connectivity index (χ4n) is 1.70. The second-order valence-corrected chi connectivity index (χ2v) is 7.00. The zero-order valence-corrected chi connectivity index (χ0v) is 12.3. The van der Waals surface area contributed by atoms with Crippen LogP contribution < -0.4 is 4.72 Å². The maximum Gasteiger partial charge on any atom is 0.234 e. The van der Waals surface area contributed by atoms with Gasteiger partial charge in [0.15, 0.2) is 5.13 Å². The summed E-state index contributed by atoms with van der Waals surface area (Å²) in [4.78, 5) is 4.09. The zero-order valence-electron chi connectivity index (χ0n) is 10.7. The van der Waals surface area contributed by atoms with Gasteiger partial charge >= 0.3 is 0 Å². The summed E-state index contributed by atoms with van der Waals surface area (Å²) in [5.41, 5.74) is 1.98. The van der Waals surface area contributed by atoms with Crippen LogP contribution in [0.4, 0.5) is 5.13 Å². The average Bonchev–Trinajstić information content (AvgIpc) is 2.75. The summed E-state index contributed by atoms with van der Waals surface area (Å²) < 4.78 is 26.2. The van der Waals surface area contributed by atoms with Crippen molar-refractivity contribution in [3.8, 4) is 0 Å². The first kappa shape index (κ1) is 14.0. The Morgan fingerprint density at radius 2 is 2.00 bits per heavy atom. The van der Waals surface area contributed by atoms with E-state index in [1.807, 2.05) is 42.6 Å². The first-order chi connectivity index (χ1) is 9.05. The third-order valence-corrected chi connectivity index (χ3v) is 4.92. The van der Waals surface area contributed by atoms with Gasteiger partial charge in [-0.2, -0.15) is 0 Å². The van der Waals surface area contributed by atoms with Gasteiger partial charge in [-0.3, -0.25) is 4.72 Å². The molecule has 0 saturated carbocycles. The average molecular weight is 296 g/mol. The predicted octanol–water partition coefficient (Wildman–Crippen LogP) is 2.83. The smallest absolute Gasteiger partial charge is 0.234 e. The molecule has 4 nitrogen and oxygen atoms in total. The number of thiazole rings is 1. The predicted molar refractivity (Wildman–Crippen MR) is 79.0 cm³/mol. The fraction of sp³-hybridized carbons (Fsp3) is 0.308. The molecule has 1 heterocycles. The quantitative estimate of drug-likeness (QED) is 0.891. The molecule has 0 unspecified atom stereocenters. The van der Waals surface area contributed by atoms with Gasteiger partial charge in [-0.1, -0.05) is 30.3 Å². The molecule has 1 aromatic carbocycles. The molecule has 0 amide bonds. The summed E-state index contributed by atoms with van der Waals surface area (Å²) in [6.45, 7) is 1.84. The Morgan fingerprint density at radius 1 is 1.26 bits per heavy atom. The Morgan fingerprint density at radius 3 is 2.63 bits per heavy atom. The van der Waals surface area contributed by atoms with Crippen LogP contribution in [0.1, 0.15) is 17.7 Å². The van der Waals surface area contributed by atoms with Gasteiger partial charge in [-0.05, 0) is 25.3 Å². The minimum atomic E-state index is -3.29. The van der Waals surface area contributed by atoms with Crippen molar-refractivity contribution in [3.63, 3.8) is 0 Å². The molecule has 19 heavy (non-hydrogen) atoms. The summed E-state index contributed by atoms with van der Waals surface area (Å²) in [6, 6.07) is 9.88. The van der Waals surface area contributed by atoms with Gasteiger partial charge in [0.1, 0.15) is 0 Å². The van der Waals surface area contributed by atoms with Crippen LogP contribution in [-0.2, 0) is 16.4 Å². The normalized spacial score (nSPS) is 11.4. The van der Waals surface area contributed by atoms with Crippen molar-refractivity contribution in [2.75, 3.05) is 10.5 Å². The molecule has 0 bridgehead atoms. The molecule has 0 fully saturated rings. The maximum atomic E-state index is 11.9. The molecule has 0 radical (unpaired) electrons. The van der Waals surface area contributed by atoms with Crippen LogP contribution in [0.15, 0.2) is 35.7 Å². The van der Waals surface area contributed by atoms with Crippen molar-refractivity contribution in [2.24, 2.45) is 0 Å². The highest BCUT2D eigenvalue weighted by atomic mass is 32.2. The Bertz CT molecular complexity index is 621. The molecule has 6 heteroatoms. The van der Waals surface area contributed by atoms with Crippen LogP contribution in [0.3, 0.4) is 0 Å². The van der Waals surface area contributed by atoms with Gasteiger partial charge in [-0.25, -0.2) is 13.4 Å². The van der Waals surface area contributed by atoms with E-state index in [9.17, 15) is 8.42 Å². The number of sulfonamides is 1. The Balaban J connectivity index is 1.84. The molecule has 0 aliphatic carbocycles. The molecule has 0 aliphatic heterocycles. The van der Waals surface area contributed by atoms with E-state index in [1.165, 1.54) is 11.3 Å². The van der Waals surface area contributed by atoms with E-state index in [2.05, 4.69) is 9.71 Å². The van der Waals surface area contributed by atoms with Crippen molar-refractivity contribution in [2.45, 2.75) is 19.8 Å². The SMILES string of the molecule is Cc1csc(NS(=O)(=O)CCCc2ccccc2)n1. The molecule has 0 saturated heterocycles. The van der Waals surface area contributed by atoms with Crippen molar-refractivity contribution in [3.05, 3.63) is 47.0 Å². The van der Waals surface area contributed by atoms with E-state index in [0.717, 1.165) is 17.7 Å². The molecule has 0 aliphatic rings. The standard InChI is InChI=1S/C13H16N2O2S2/c1-11-10-18-13(14-11)15-19(16,17)9-5-8-12-6-3-2-4-7-12/h2-4,6-7,10H,5,8-9H2,1H3,(H,14,15). The largest absolute Gasteiger partial charge is 0.259 e. The number of rotatable bonds is 6. The zero-order chi connectivity index (χ0) is 13.7. The number of nitrogens with zero attached hydrogens (tertiary/aromatic N) is 1. The van der Waals surface area contributed by atoms with Crippen LogP contribution in [0.25, 0.3) is 0 Å². The highest BCUT2D eigenvalue weighted by Crippen LogP contribution is 2.16. The van der Waals surface area contributed by atoms with E-state index < -0.39 is 10.0 Å². The molecule has 0 spiro atoms. The number of aryl methyl sites for hydroxylation is 2. The number of hydrogen-bond donors (Lipinski definition) is 1. The van der Waals surface area contributed by atoms with E-state index in [0.29, 0.717) is 11.6 Å². The van der Waals surface area contributed by atoms with Crippen molar-refractivity contribution in [1.82, 2.24) is 4.98 Å². The van der Waals surface area contributed by atoms with Gasteiger partial charge in [0.25, 0.3) is 0 Å². The number of hydrogen-bond acceptors (Lipinski definition) is 4. The minimum Gasteiger partial charge on any atom is -0.259 e. The highest BCUT2D eigenvalue weighted by Gasteiger charge is 2.12. The number of anilines is 1. The Hall–Kier alpha value is -1.40. The van der Waals surface area contributed by atoms with Crippen LogP contribution in [0, 0.1) is 6.92 Å². The molecular formula is C13H16N2O2S2. The molecule has 2 aromatic rings. The van der Waals surface area contributed by atoms with Crippen LogP contribution in [-0.4, -0.2) is 19.2 Å². The Kier molecular flexibility index (Phi) is 4.55. The van der Waals surface area contributed by atoms with Gasteiger partial charge < -0.3 is 0 Å². The molecule has 1 aromatic heterocycles. The van der Waals surface area contributed by atoms with Crippen molar-refractivity contribution < 1.29 is 8.42 Å². The van der Waals surface area contributed by atoms with E-state index in [1.54, 1.807) is 0 Å². The second-order valence-electron chi connectivity index (χ2n) is 4.30. The van der Waals surface area contributed by atoms with E-state index in [4.69, 9.17) is 0 Å². The molecule has 102 valence electrons. The maximum absolute atomic E-state index is 11.9. The van der Waals surface area contributed by atoms with Gasteiger partial charge in [0, 0.05) is 5.38 Å². The summed E-state index contributed by atoms with van der Waals surface area (Å²) in [5.74, 6) is 0.112. The lowest BCUT2D eigenvalue weighted by atomic mass is 10.1. The van der Waals surface area contributed by atoms with E-state index in [-0.39, 0.29) is 5.75 Å². The van der Waals surface area contributed by atoms with Crippen LogP contribution in [0.5, 0.6) is 0 Å². The molecule has 2 rings (SSSR count). The fourth-order valence-corrected chi connectivity index (χ4v) is 3.74. The number of nitrogens with one attached hydrogen (secondary N) is 1. The monoisotopic (exact) mass is 296 g/mol. The Labute approximate surface area is 117 Å². The summed E-state index contributed by atoms with van der Waals surface area (Å²) in [6.07, 6.45) is 1.36. The van der Waals surface area contributed by atoms with Gasteiger partial charge in [0.2, 0.25) is 10.0 Å². The van der Waals surface area contributed by atoms with Crippen molar-refractivity contribution in [1.29, 1.82) is 0 Å². The third-order valence-electron chi connectivity index (χ3n) is 2.58. The first-order valence-corrected chi connectivity index (χ1v) is 8.55. The topological polar surface area (TPSA) is 59.1 Å². The highest BCUT2D eigenvalue weighted by molar-refractivity contribution is 7.92. The number of benzene rings is 1. The molecule has 1 N–H and O–H groups in total. The van der Waals surface area contributed by atoms with Crippen LogP contribution in [0.2, 0.25) is 0 Å². The first-order valence-electron chi connectivity index (χ1n) is 6.02. The lowest BCUT2D eigenvalue weighted by Gasteiger charge is -2.05. The summed E-state index contributed by atoms with van der Waals surface area (Å²) >= 11 is 1.30. The molecular weight excluding hydrogens is 280 g/mol. The lowest BCUT2D eigenvalue weighted by Crippen LogP contribution is -2.17. The summed E-state index contributed by atoms with van der Waals surface area (Å²) in [7, 11) is -3.29. The number of aromatic nitrogens is 1. The minimum absolute atomic E-state index is 0.112. The summed E-state index contributed by atoms with van der Waals surface area (Å²) in [5, 5.41) is 2.26. The van der Waals surface area contributed by atoms with Gasteiger partial charge in [0.05, 0.1) is 11.4 Å².